The molecule has 0 N–H and O–H groups in total. The molecule has 0 amide bonds. The van der Waals surface area contributed by atoms with Gasteiger partial charge in [0.15, 0.2) is 0 Å². The van der Waals surface area contributed by atoms with Crippen LogP contribution in [0.15, 0.2) is 0 Å². The van der Waals surface area contributed by atoms with Gasteiger partial charge in [0, 0.05) is 65.4 Å². The van der Waals surface area contributed by atoms with Gasteiger partial charge in [-0.3, -0.25) is 0 Å². The van der Waals surface area contributed by atoms with E-state index in [4.69, 9.17) is 0 Å². The Morgan fingerprint density at radius 2 is 1.70 bits per heavy atom. The molecule has 0 spiro atoms. The first-order valence-electron chi connectivity index (χ1n) is 3.55. The largest absolute Gasteiger partial charge is 0.332 e. The molecule has 0 aliphatic heterocycles. The fraction of sp³-hybridized carbons (Fsp3) is 0.875. The fourth-order valence-electron chi connectivity index (χ4n) is 0.730. The molecule has 0 bridgehead atoms. The van der Waals surface area contributed by atoms with Crippen molar-refractivity contribution < 1.29 is 65.4 Å². The Bertz CT molecular complexity index is 44.5. The van der Waals surface area contributed by atoms with Crippen molar-refractivity contribution in [2.75, 3.05) is 0 Å². The van der Waals surface area contributed by atoms with E-state index in [0.717, 1.165) is 5.92 Å². The van der Waals surface area contributed by atoms with Crippen LogP contribution in [0.4, 0.5) is 0 Å². The first kappa shape index (κ1) is 18.1. The van der Waals surface area contributed by atoms with Gasteiger partial charge in [-0.2, -0.15) is 13.3 Å². The Morgan fingerprint density at radius 3 is 2.00 bits per heavy atom. The van der Waals surface area contributed by atoms with Crippen LogP contribution in [0.5, 0.6) is 0 Å². The van der Waals surface area contributed by atoms with Gasteiger partial charge in [0.05, 0.1) is 0 Å². The van der Waals surface area contributed by atoms with Gasteiger partial charge in [0.25, 0.3) is 0 Å². The van der Waals surface area contributed by atoms with Gasteiger partial charge in [-0.05, 0) is 5.92 Å². The summed E-state index contributed by atoms with van der Waals surface area (Å²) >= 11 is 0. The quantitative estimate of drug-likeness (QED) is 0.551. The number of hydrogen-bond acceptors (Lipinski definition) is 0. The van der Waals surface area contributed by atoms with Gasteiger partial charge in [-0.15, -0.1) is 0 Å². The zero-order chi connectivity index (χ0) is 6.41. The number of rotatable bonds is 4. The second-order valence-electron chi connectivity index (χ2n) is 2.73. The fourth-order valence-corrected chi connectivity index (χ4v) is 0.730. The van der Waals surface area contributed by atoms with Crippen molar-refractivity contribution in [2.24, 2.45) is 5.92 Å². The summed E-state index contributed by atoms with van der Waals surface area (Å²) < 4.78 is 0. The van der Waals surface area contributed by atoms with E-state index in [1.807, 2.05) is 0 Å². The molecule has 0 atom stereocenters. The monoisotopic (exact) mass is 291 g/mol. The summed E-state index contributed by atoms with van der Waals surface area (Å²) in [4.78, 5) is 0. The minimum absolute atomic E-state index is 0. The summed E-state index contributed by atoms with van der Waals surface area (Å²) in [5, 5.41) is 0. The van der Waals surface area contributed by atoms with Crippen molar-refractivity contribution in [2.45, 2.75) is 40.0 Å². The standard InChI is InChI=1S/C8H17.2Y/c1-4-5-6-7-8(2)3;;/h4,8H,5-7H2,1-3H3;;/q-1;;. The molecule has 0 fully saturated rings. The third kappa shape index (κ3) is 16.7. The molecule has 0 aliphatic carbocycles. The molecule has 0 aromatic rings. The van der Waals surface area contributed by atoms with E-state index >= 15 is 0 Å². The van der Waals surface area contributed by atoms with Crippen LogP contribution < -0.4 is 0 Å². The summed E-state index contributed by atoms with van der Waals surface area (Å²) in [5.74, 6) is 0.884. The van der Waals surface area contributed by atoms with E-state index in [1.54, 1.807) is 0 Å². The predicted octanol–water partition coefficient (Wildman–Crippen LogP) is 3.03. The molecule has 0 unspecified atom stereocenters. The van der Waals surface area contributed by atoms with Crippen molar-refractivity contribution in [1.82, 2.24) is 0 Å². The maximum Gasteiger partial charge on any atom is 0 e. The van der Waals surface area contributed by atoms with E-state index in [2.05, 4.69) is 27.2 Å². The van der Waals surface area contributed by atoms with Crippen molar-refractivity contribution in [3.8, 4) is 0 Å². The first-order chi connectivity index (χ1) is 3.77. The Labute approximate surface area is 116 Å². The normalized spacial score (nSPS) is 8.40. The van der Waals surface area contributed by atoms with Crippen molar-refractivity contribution in [1.29, 1.82) is 0 Å². The van der Waals surface area contributed by atoms with Gasteiger partial charge in [0.1, 0.15) is 0 Å². The third-order valence-electron chi connectivity index (χ3n) is 1.27. The van der Waals surface area contributed by atoms with Crippen LogP contribution >= 0.6 is 0 Å². The Hall–Kier alpha value is 2.21. The zero-order valence-corrected chi connectivity index (χ0v) is 13.1. The van der Waals surface area contributed by atoms with Crippen LogP contribution in [0.3, 0.4) is 0 Å². The van der Waals surface area contributed by atoms with Gasteiger partial charge < -0.3 is 6.42 Å². The van der Waals surface area contributed by atoms with Crippen LogP contribution in [-0.4, -0.2) is 0 Å². The molecular weight excluding hydrogens is 274 g/mol. The minimum atomic E-state index is 0. The summed E-state index contributed by atoms with van der Waals surface area (Å²) in [6.07, 6.45) is 6.28. The van der Waals surface area contributed by atoms with Gasteiger partial charge in [-0.25, -0.2) is 0 Å². The average Bonchev–Trinajstić information content (AvgIpc) is 1.66. The summed E-state index contributed by atoms with van der Waals surface area (Å²) in [5.41, 5.74) is 0. The summed E-state index contributed by atoms with van der Waals surface area (Å²) in [6, 6.07) is 0. The maximum atomic E-state index is 2.27. The molecule has 0 aromatic heterocycles. The van der Waals surface area contributed by atoms with Crippen LogP contribution in [0.1, 0.15) is 40.0 Å². The van der Waals surface area contributed by atoms with E-state index in [0.29, 0.717) is 0 Å². The van der Waals surface area contributed by atoms with Crippen molar-refractivity contribution in [3.05, 3.63) is 6.42 Å². The third-order valence-corrected chi connectivity index (χ3v) is 1.27. The first-order valence-corrected chi connectivity index (χ1v) is 3.55. The topological polar surface area (TPSA) is 0 Å². The minimum Gasteiger partial charge on any atom is -0.332 e. The SMILES string of the molecule is C[CH-]CCCC(C)C.[Y].[Y]. The molecule has 0 rings (SSSR count). The van der Waals surface area contributed by atoms with Crippen LogP contribution in [0.2, 0.25) is 0 Å². The second-order valence-corrected chi connectivity index (χ2v) is 2.73. The average molecular weight is 291 g/mol. The van der Waals surface area contributed by atoms with Crippen molar-refractivity contribution >= 4 is 0 Å². The zero-order valence-electron chi connectivity index (χ0n) is 7.43. The van der Waals surface area contributed by atoms with Crippen LogP contribution in [0.25, 0.3) is 0 Å². The molecule has 0 aromatic carbocycles. The molecule has 0 saturated heterocycles. The molecular formula is C8H17Y2-. The van der Waals surface area contributed by atoms with Gasteiger partial charge >= 0.3 is 0 Å². The molecule has 10 heavy (non-hydrogen) atoms. The number of hydrogen-bond donors (Lipinski definition) is 0. The second kappa shape index (κ2) is 13.8. The molecule has 56 valence electrons. The molecule has 0 nitrogen and oxygen atoms in total. The van der Waals surface area contributed by atoms with E-state index in [9.17, 15) is 0 Å². The smallest absolute Gasteiger partial charge is 0 e. The van der Waals surface area contributed by atoms with E-state index < -0.39 is 0 Å². The van der Waals surface area contributed by atoms with E-state index in [1.165, 1.54) is 19.3 Å². The predicted molar refractivity (Wildman–Crippen MR) is 38.7 cm³/mol. The van der Waals surface area contributed by atoms with Gasteiger partial charge in [-0.1, -0.05) is 26.7 Å². The summed E-state index contributed by atoms with van der Waals surface area (Å²) in [7, 11) is 0. The Morgan fingerprint density at radius 1 is 1.20 bits per heavy atom. The Balaban J connectivity index is -0.000000245. The molecule has 2 radical (unpaired) electrons. The van der Waals surface area contributed by atoms with E-state index in [-0.39, 0.29) is 65.4 Å². The molecule has 0 saturated carbocycles. The Kier molecular flexibility index (Phi) is 24.9. The van der Waals surface area contributed by atoms with Crippen molar-refractivity contribution in [3.63, 3.8) is 0 Å². The van der Waals surface area contributed by atoms with Crippen LogP contribution in [-0.2, 0) is 65.4 Å². The van der Waals surface area contributed by atoms with Gasteiger partial charge in [0.2, 0.25) is 0 Å². The molecule has 0 aliphatic rings. The molecule has 2 heteroatoms. The number of unbranched alkanes of at least 4 members (excludes halogenated alkanes) is 2. The van der Waals surface area contributed by atoms with Crippen LogP contribution in [0, 0.1) is 12.3 Å². The maximum absolute atomic E-state index is 2.27. The summed E-state index contributed by atoms with van der Waals surface area (Å²) in [6.45, 7) is 6.67. The molecule has 0 heterocycles.